The molecule has 2 aliphatic heterocycles. The molecule has 7 nitrogen and oxygen atoms in total. The van der Waals surface area contributed by atoms with E-state index in [9.17, 15) is 9.90 Å². The highest BCUT2D eigenvalue weighted by molar-refractivity contribution is 5.73. The fraction of sp³-hybridized carbons (Fsp3) is 0.550. The lowest BCUT2D eigenvalue weighted by Crippen LogP contribution is -2.46. The van der Waals surface area contributed by atoms with E-state index in [1.165, 1.54) is 0 Å². The number of carbonyl (C=O) groups is 1. The van der Waals surface area contributed by atoms with Gasteiger partial charge >= 0.3 is 0 Å². The van der Waals surface area contributed by atoms with E-state index in [1.54, 1.807) is 6.92 Å². The number of carbonyl (C=O) groups excluding carboxylic acids is 1. The van der Waals surface area contributed by atoms with Gasteiger partial charge in [0.25, 0.3) is 0 Å². The number of amides is 1. The van der Waals surface area contributed by atoms with Crippen molar-refractivity contribution in [3.05, 3.63) is 47.6 Å². The van der Waals surface area contributed by atoms with Crippen LogP contribution in [-0.2, 0) is 11.2 Å². The monoisotopic (exact) mass is 370 g/mol. The molecule has 0 spiro atoms. The first kappa shape index (κ1) is 18.1. The number of aromatic nitrogens is 2. The van der Waals surface area contributed by atoms with Crippen molar-refractivity contribution < 1.29 is 14.4 Å². The molecule has 27 heavy (non-hydrogen) atoms. The van der Waals surface area contributed by atoms with Crippen LogP contribution in [0.15, 0.2) is 34.9 Å². The third-order valence-electron chi connectivity index (χ3n) is 5.67. The van der Waals surface area contributed by atoms with Gasteiger partial charge in [0.15, 0.2) is 5.82 Å². The zero-order valence-electron chi connectivity index (χ0n) is 15.6. The maximum Gasteiger partial charge on any atom is 0.244 e. The molecule has 2 saturated heterocycles. The van der Waals surface area contributed by atoms with Gasteiger partial charge in [-0.1, -0.05) is 35.5 Å². The van der Waals surface area contributed by atoms with Crippen molar-refractivity contribution in [2.24, 2.45) is 0 Å². The quantitative estimate of drug-likeness (QED) is 0.883. The molecule has 7 heteroatoms. The molecule has 1 aromatic heterocycles. The van der Waals surface area contributed by atoms with Gasteiger partial charge in [-0.2, -0.15) is 4.98 Å². The summed E-state index contributed by atoms with van der Waals surface area (Å²) in [5.41, 5.74) is 1.14. The van der Waals surface area contributed by atoms with Crippen LogP contribution < -0.4 is 0 Å². The SMILES string of the molecule is CC(=O)N1CCC(N2CC(O)CC2c2nc(Cc3ccccc3)no2)CC1. The zero-order valence-corrected chi connectivity index (χ0v) is 15.6. The molecule has 1 aromatic carbocycles. The summed E-state index contributed by atoms with van der Waals surface area (Å²) in [6, 6.07) is 10.4. The van der Waals surface area contributed by atoms with Gasteiger partial charge < -0.3 is 14.5 Å². The average Bonchev–Trinajstić information content (AvgIpc) is 3.29. The number of β-amino-alcohol motifs (C(OH)–C–C–N with tert-alkyl or cyclic N) is 1. The van der Waals surface area contributed by atoms with Crippen LogP contribution in [-0.4, -0.2) is 62.7 Å². The van der Waals surface area contributed by atoms with E-state index in [1.807, 2.05) is 35.2 Å². The summed E-state index contributed by atoms with van der Waals surface area (Å²) in [6.45, 7) is 3.77. The van der Waals surface area contributed by atoms with Gasteiger partial charge in [-0.25, -0.2) is 0 Å². The lowest BCUT2D eigenvalue weighted by Gasteiger charge is -2.38. The third kappa shape index (κ3) is 4.04. The molecule has 1 amide bonds. The fourth-order valence-corrected chi connectivity index (χ4v) is 4.25. The minimum Gasteiger partial charge on any atom is -0.392 e. The van der Waals surface area contributed by atoms with E-state index in [0.717, 1.165) is 31.5 Å². The number of nitrogens with zero attached hydrogens (tertiary/aromatic N) is 4. The van der Waals surface area contributed by atoms with Gasteiger partial charge in [0, 0.05) is 39.0 Å². The number of hydrogen-bond acceptors (Lipinski definition) is 6. The summed E-state index contributed by atoms with van der Waals surface area (Å²) in [6.07, 6.45) is 2.68. The van der Waals surface area contributed by atoms with Crippen LogP contribution in [0.5, 0.6) is 0 Å². The summed E-state index contributed by atoms with van der Waals surface area (Å²) in [7, 11) is 0. The van der Waals surface area contributed by atoms with Crippen LogP contribution in [0.1, 0.15) is 49.5 Å². The Morgan fingerprint density at radius 1 is 1.26 bits per heavy atom. The second kappa shape index (κ2) is 7.78. The predicted molar refractivity (Wildman–Crippen MR) is 98.9 cm³/mol. The average molecular weight is 370 g/mol. The fourth-order valence-electron chi connectivity index (χ4n) is 4.25. The number of benzene rings is 1. The van der Waals surface area contributed by atoms with E-state index in [4.69, 9.17) is 4.52 Å². The Kier molecular flexibility index (Phi) is 5.22. The molecule has 0 aliphatic carbocycles. The molecule has 3 heterocycles. The number of aliphatic hydroxyl groups is 1. The van der Waals surface area contributed by atoms with Crippen molar-refractivity contribution in [1.82, 2.24) is 19.9 Å². The number of piperidine rings is 1. The highest BCUT2D eigenvalue weighted by atomic mass is 16.5. The van der Waals surface area contributed by atoms with Gasteiger partial charge in [0.05, 0.1) is 12.1 Å². The van der Waals surface area contributed by atoms with Crippen LogP contribution in [0, 0.1) is 0 Å². The van der Waals surface area contributed by atoms with Gasteiger partial charge in [0.2, 0.25) is 11.8 Å². The van der Waals surface area contributed by atoms with Crippen molar-refractivity contribution in [3.8, 4) is 0 Å². The lowest BCUT2D eigenvalue weighted by atomic mass is 10.0. The molecule has 2 unspecified atom stereocenters. The topological polar surface area (TPSA) is 82.7 Å². The Morgan fingerprint density at radius 3 is 2.70 bits per heavy atom. The maximum absolute atomic E-state index is 11.6. The molecule has 0 bridgehead atoms. The first-order valence-electron chi connectivity index (χ1n) is 9.66. The zero-order chi connectivity index (χ0) is 18.8. The van der Waals surface area contributed by atoms with E-state index in [2.05, 4.69) is 15.0 Å². The Hall–Kier alpha value is -2.25. The van der Waals surface area contributed by atoms with Gasteiger partial charge in [-0.15, -0.1) is 0 Å². The van der Waals surface area contributed by atoms with E-state index >= 15 is 0 Å². The van der Waals surface area contributed by atoms with E-state index in [0.29, 0.717) is 37.1 Å². The number of aliphatic hydroxyl groups excluding tert-OH is 1. The molecule has 4 rings (SSSR count). The van der Waals surface area contributed by atoms with Crippen LogP contribution >= 0.6 is 0 Å². The van der Waals surface area contributed by atoms with E-state index < -0.39 is 0 Å². The number of likely N-dealkylation sites (tertiary alicyclic amines) is 2. The van der Waals surface area contributed by atoms with Crippen molar-refractivity contribution in [2.45, 2.75) is 50.8 Å². The Morgan fingerprint density at radius 2 is 2.00 bits per heavy atom. The second-order valence-electron chi connectivity index (χ2n) is 7.55. The number of rotatable bonds is 4. The molecular weight excluding hydrogens is 344 g/mol. The summed E-state index contributed by atoms with van der Waals surface area (Å²) in [4.78, 5) is 20.4. The molecule has 2 fully saturated rings. The molecule has 2 aromatic rings. The summed E-state index contributed by atoms with van der Waals surface area (Å²) < 4.78 is 5.57. The predicted octanol–water partition coefficient (Wildman–Crippen LogP) is 1.78. The summed E-state index contributed by atoms with van der Waals surface area (Å²) >= 11 is 0. The second-order valence-corrected chi connectivity index (χ2v) is 7.55. The van der Waals surface area contributed by atoms with Gasteiger partial charge in [0.1, 0.15) is 0 Å². The summed E-state index contributed by atoms with van der Waals surface area (Å²) in [5, 5.41) is 14.4. The first-order chi connectivity index (χ1) is 13.1. The molecule has 0 saturated carbocycles. The minimum atomic E-state index is -0.384. The molecule has 2 atom stereocenters. The molecule has 0 radical (unpaired) electrons. The molecular formula is C20H26N4O3. The van der Waals surface area contributed by atoms with Gasteiger partial charge in [-0.05, 0) is 24.8 Å². The van der Waals surface area contributed by atoms with Gasteiger partial charge in [-0.3, -0.25) is 9.69 Å². The first-order valence-corrected chi connectivity index (χ1v) is 9.66. The minimum absolute atomic E-state index is 0.0501. The van der Waals surface area contributed by atoms with Crippen molar-refractivity contribution >= 4 is 5.91 Å². The Balaban J connectivity index is 1.45. The summed E-state index contributed by atoms with van der Waals surface area (Å²) in [5.74, 6) is 1.39. The lowest BCUT2D eigenvalue weighted by molar-refractivity contribution is -0.130. The van der Waals surface area contributed by atoms with Crippen LogP contribution in [0.2, 0.25) is 0 Å². The van der Waals surface area contributed by atoms with Crippen molar-refractivity contribution in [3.63, 3.8) is 0 Å². The molecule has 2 aliphatic rings. The van der Waals surface area contributed by atoms with Crippen LogP contribution in [0.3, 0.4) is 0 Å². The highest BCUT2D eigenvalue weighted by Gasteiger charge is 2.40. The standard InChI is InChI=1S/C20H26N4O3/c1-14(25)23-9-7-16(8-10-23)24-13-17(26)12-18(24)20-21-19(22-27-20)11-15-5-3-2-4-6-15/h2-6,16-18,26H,7-13H2,1H3. The normalized spacial score (nSPS) is 24.4. The van der Waals surface area contributed by atoms with Crippen LogP contribution in [0.25, 0.3) is 0 Å². The smallest absolute Gasteiger partial charge is 0.244 e. The molecule has 1 N–H and O–H groups in total. The number of hydrogen-bond donors (Lipinski definition) is 1. The largest absolute Gasteiger partial charge is 0.392 e. The maximum atomic E-state index is 11.6. The van der Waals surface area contributed by atoms with E-state index in [-0.39, 0.29) is 18.1 Å². The van der Waals surface area contributed by atoms with Crippen molar-refractivity contribution in [1.29, 1.82) is 0 Å². The van der Waals surface area contributed by atoms with Crippen LogP contribution in [0.4, 0.5) is 0 Å². The molecule has 144 valence electrons. The Labute approximate surface area is 159 Å². The van der Waals surface area contributed by atoms with Crippen molar-refractivity contribution in [2.75, 3.05) is 19.6 Å². The highest BCUT2D eigenvalue weighted by Crippen LogP contribution is 2.35. The Bertz CT molecular complexity index is 771. The third-order valence-corrected chi connectivity index (χ3v) is 5.67.